The SMILES string of the molecule is O=S(=O)(Oc1cccc(F)c1)c1ccc2n[nH]c(I)c2c1. The van der Waals surface area contributed by atoms with Crippen molar-refractivity contribution in [3.63, 3.8) is 0 Å². The molecule has 0 saturated heterocycles. The second-order valence-electron chi connectivity index (χ2n) is 4.21. The van der Waals surface area contributed by atoms with Crippen LogP contribution in [0.15, 0.2) is 47.4 Å². The highest BCUT2D eigenvalue weighted by atomic mass is 127. The Hall–Kier alpha value is -1.68. The van der Waals surface area contributed by atoms with Gasteiger partial charge >= 0.3 is 10.1 Å². The molecule has 0 aliphatic carbocycles. The van der Waals surface area contributed by atoms with Crippen molar-refractivity contribution in [2.45, 2.75) is 4.90 Å². The Bertz CT molecular complexity index is 924. The molecule has 8 heteroatoms. The molecule has 21 heavy (non-hydrogen) atoms. The number of H-pyrrole nitrogens is 1. The van der Waals surface area contributed by atoms with Crippen molar-refractivity contribution in [1.82, 2.24) is 10.2 Å². The lowest BCUT2D eigenvalue weighted by molar-refractivity contribution is 0.483. The fourth-order valence-corrected chi connectivity index (χ4v) is 3.31. The van der Waals surface area contributed by atoms with Crippen molar-refractivity contribution < 1.29 is 17.0 Å². The summed E-state index contributed by atoms with van der Waals surface area (Å²) in [5.41, 5.74) is 0.657. The molecule has 0 radical (unpaired) electrons. The number of aromatic nitrogens is 2. The molecule has 0 unspecified atom stereocenters. The van der Waals surface area contributed by atoms with Crippen molar-refractivity contribution in [2.75, 3.05) is 0 Å². The van der Waals surface area contributed by atoms with E-state index in [1.165, 1.54) is 30.3 Å². The predicted molar refractivity (Wildman–Crippen MR) is 83.0 cm³/mol. The predicted octanol–water partition coefficient (Wildman–Crippen LogP) is 3.07. The molecule has 0 saturated carbocycles. The van der Waals surface area contributed by atoms with Gasteiger partial charge in [0.05, 0.1) is 5.52 Å². The van der Waals surface area contributed by atoms with Crippen molar-refractivity contribution in [1.29, 1.82) is 0 Å². The molecule has 0 bridgehead atoms. The van der Waals surface area contributed by atoms with Crippen LogP contribution >= 0.6 is 22.6 Å². The smallest absolute Gasteiger partial charge is 0.339 e. The number of fused-ring (bicyclic) bond motifs is 1. The number of aromatic amines is 1. The molecule has 1 N–H and O–H groups in total. The molecule has 0 fully saturated rings. The molecule has 3 aromatic rings. The van der Waals surface area contributed by atoms with E-state index in [9.17, 15) is 12.8 Å². The molecule has 0 aliphatic heterocycles. The summed E-state index contributed by atoms with van der Waals surface area (Å²) in [4.78, 5) is -0.0152. The zero-order valence-corrected chi connectivity index (χ0v) is 13.4. The maximum absolute atomic E-state index is 13.1. The highest BCUT2D eigenvalue weighted by Gasteiger charge is 2.18. The van der Waals surface area contributed by atoms with Crippen molar-refractivity contribution >= 4 is 43.6 Å². The molecule has 108 valence electrons. The first kappa shape index (κ1) is 14.3. The van der Waals surface area contributed by atoms with Gasteiger partial charge in [0.2, 0.25) is 0 Å². The Balaban J connectivity index is 2.01. The van der Waals surface area contributed by atoms with E-state index in [0.717, 1.165) is 9.77 Å². The Kier molecular flexibility index (Phi) is 3.57. The molecule has 0 spiro atoms. The van der Waals surface area contributed by atoms with Gasteiger partial charge in [-0.3, -0.25) is 5.10 Å². The van der Waals surface area contributed by atoms with Crippen LogP contribution in [0.25, 0.3) is 10.9 Å². The highest BCUT2D eigenvalue weighted by molar-refractivity contribution is 14.1. The summed E-state index contributed by atoms with van der Waals surface area (Å²) in [6.45, 7) is 0. The van der Waals surface area contributed by atoms with E-state index in [1.807, 2.05) is 22.6 Å². The highest BCUT2D eigenvalue weighted by Crippen LogP contribution is 2.24. The summed E-state index contributed by atoms with van der Waals surface area (Å²) < 4.78 is 43.2. The van der Waals surface area contributed by atoms with Crippen LogP contribution in [0.3, 0.4) is 0 Å². The molecule has 5 nitrogen and oxygen atoms in total. The van der Waals surface area contributed by atoms with Gasteiger partial charge < -0.3 is 4.18 Å². The van der Waals surface area contributed by atoms with Crippen molar-refractivity contribution in [3.05, 3.63) is 52.0 Å². The van der Waals surface area contributed by atoms with E-state index in [2.05, 4.69) is 10.2 Å². The Morgan fingerprint density at radius 2 is 2.00 bits per heavy atom. The number of hydrogen-bond acceptors (Lipinski definition) is 4. The van der Waals surface area contributed by atoms with Crippen LogP contribution in [-0.4, -0.2) is 18.6 Å². The molecule has 1 aromatic heterocycles. The number of benzene rings is 2. The van der Waals surface area contributed by atoms with Gasteiger partial charge in [-0.1, -0.05) is 6.07 Å². The van der Waals surface area contributed by atoms with Gasteiger partial charge in [0.1, 0.15) is 20.2 Å². The largest absolute Gasteiger partial charge is 0.379 e. The van der Waals surface area contributed by atoms with E-state index >= 15 is 0 Å². The molecule has 3 rings (SSSR count). The third kappa shape index (κ3) is 2.86. The zero-order chi connectivity index (χ0) is 15.0. The van der Waals surface area contributed by atoms with E-state index < -0.39 is 15.9 Å². The first-order valence-corrected chi connectivity index (χ1v) is 8.28. The maximum Gasteiger partial charge on any atom is 0.339 e. The second-order valence-corrected chi connectivity index (χ2v) is 6.84. The van der Waals surface area contributed by atoms with Gasteiger partial charge in [0.15, 0.2) is 0 Å². The fraction of sp³-hybridized carbons (Fsp3) is 0. The molecular formula is C13H8FIN2O3S. The van der Waals surface area contributed by atoms with Crippen LogP contribution in [0.2, 0.25) is 0 Å². The lowest BCUT2D eigenvalue weighted by Gasteiger charge is -2.07. The minimum Gasteiger partial charge on any atom is -0.379 e. The topological polar surface area (TPSA) is 72.1 Å². The Labute approximate surface area is 133 Å². The van der Waals surface area contributed by atoms with E-state index in [1.54, 1.807) is 6.07 Å². The lowest BCUT2D eigenvalue weighted by atomic mass is 10.3. The van der Waals surface area contributed by atoms with Gasteiger partial charge in [-0.05, 0) is 52.9 Å². The number of nitrogens with one attached hydrogen (secondary N) is 1. The number of hydrogen-bond donors (Lipinski definition) is 1. The summed E-state index contributed by atoms with van der Waals surface area (Å²) in [5, 5.41) is 7.46. The summed E-state index contributed by atoms with van der Waals surface area (Å²) in [6, 6.07) is 9.42. The van der Waals surface area contributed by atoms with E-state index in [0.29, 0.717) is 10.9 Å². The molecule has 0 aliphatic rings. The average molecular weight is 418 g/mol. The van der Waals surface area contributed by atoms with Crippen molar-refractivity contribution in [3.8, 4) is 5.75 Å². The lowest BCUT2D eigenvalue weighted by Crippen LogP contribution is -2.09. The summed E-state index contributed by atoms with van der Waals surface area (Å²) in [7, 11) is -4.03. The third-order valence-corrected chi connectivity index (χ3v) is 4.84. The second kappa shape index (κ2) is 5.26. The van der Waals surface area contributed by atoms with Crippen LogP contribution in [0.5, 0.6) is 5.75 Å². The summed E-state index contributed by atoms with van der Waals surface area (Å²) in [5.74, 6) is -0.639. The molecule has 2 aromatic carbocycles. The van der Waals surface area contributed by atoms with Crippen molar-refractivity contribution in [2.24, 2.45) is 0 Å². The average Bonchev–Trinajstić information content (AvgIpc) is 2.79. The fourth-order valence-electron chi connectivity index (χ4n) is 1.81. The number of rotatable bonds is 3. The third-order valence-electron chi connectivity index (χ3n) is 2.77. The Morgan fingerprint density at radius 1 is 1.19 bits per heavy atom. The number of nitrogens with zero attached hydrogens (tertiary/aromatic N) is 1. The first-order valence-electron chi connectivity index (χ1n) is 5.79. The van der Waals surface area contributed by atoms with E-state index in [-0.39, 0.29) is 10.6 Å². The first-order chi connectivity index (χ1) is 9.95. The molecule has 1 heterocycles. The molecule has 0 atom stereocenters. The maximum atomic E-state index is 13.1. The summed E-state index contributed by atoms with van der Waals surface area (Å²) >= 11 is 2.02. The Morgan fingerprint density at radius 3 is 2.76 bits per heavy atom. The van der Waals surface area contributed by atoms with Gasteiger partial charge in [0, 0.05) is 11.5 Å². The van der Waals surface area contributed by atoms with Crippen LogP contribution in [0.4, 0.5) is 4.39 Å². The van der Waals surface area contributed by atoms with Gasteiger partial charge in [-0.15, -0.1) is 0 Å². The van der Waals surface area contributed by atoms with E-state index in [4.69, 9.17) is 4.18 Å². The normalized spacial score (nSPS) is 11.7. The minimum atomic E-state index is -4.03. The van der Waals surface area contributed by atoms with Crippen LogP contribution in [0, 0.1) is 9.52 Å². The van der Waals surface area contributed by atoms with Crippen LogP contribution < -0.4 is 4.18 Å². The quantitative estimate of drug-likeness (QED) is 0.525. The monoisotopic (exact) mass is 418 g/mol. The van der Waals surface area contributed by atoms with Gasteiger partial charge in [0.25, 0.3) is 0 Å². The minimum absolute atomic E-state index is 0.0152. The van der Waals surface area contributed by atoms with Crippen LogP contribution in [0.1, 0.15) is 0 Å². The summed E-state index contributed by atoms with van der Waals surface area (Å²) in [6.07, 6.45) is 0. The van der Waals surface area contributed by atoms with Crippen LogP contribution in [-0.2, 0) is 10.1 Å². The molecular weight excluding hydrogens is 410 g/mol. The van der Waals surface area contributed by atoms with Gasteiger partial charge in [-0.2, -0.15) is 13.5 Å². The molecule has 0 amide bonds. The number of halogens is 2. The standard InChI is InChI=1S/C13H8FIN2O3S/c14-8-2-1-3-9(6-8)20-21(18,19)10-4-5-12-11(7-10)13(15)17-16-12/h1-7H,(H,16,17). The zero-order valence-electron chi connectivity index (χ0n) is 10.4. The van der Waals surface area contributed by atoms with Gasteiger partial charge in [-0.25, -0.2) is 4.39 Å².